The van der Waals surface area contributed by atoms with E-state index in [-0.39, 0.29) is 11.9 Å². The zero-order chi connectivity index (χ0) is 14.8. The maximum Gasteiger partial charge on any atom is 0.267 e. The molecule has 0 aliphatic carbocycles. The number of amides is 1. The van der Waals surface area contributed by atoms with Gasteiger partial charge in [-0.3, -0.25) is 4.79 Å². The standard InChI is InChI=1S/C13H21N5O2S/c1-17(9-2-7-20-8-9)12(19)10-11(14)16-13(21-10)18-5-3-15-4-6-18/h9,15H,2-8,14H2,1H3. The number of thiazole rings is 1. The van der Waals surface area contributed by atoms with Gasteiger partial charge in [0.15, 0.2) is 5.13 Å². The number of carbonyl (C=O) groups is 1. The van der Waals surface area contributed by atoms with Crippen molar-refractivity contribution in [3.8, 4) is 0 Å². The number of aromatic nitrogens is 1. The highest BCUT2D eigenvalue weighted by molar-refractivity contribution is 7.18. The van der Waals surface area contributed by atoms with Gasteiger partial charge < -0.3 is 25.6 Å². The van der Waals surface area contributed by atoms with E-state index in [1.807, 2.05) is 7.05 Å². The predicted molar refractivity (Wildman–Crippen MR) is 82.9 cm³/mol. The average molecular weight is 311 g/mol. The molecule has 1 aromatic heterocycles. The van der Waals surface area contributed by atoms with Crippen LogP contribution in [-0.4, -0.2) is 68.3 Å². The summed E-state index contributed by atoms with van der Waals surface area (Å²) in [5.41, 5.74) is 5.96. The summed E-state index contributed by atoms with van der Waals surface area (Å²) in [6.45, 7) is 4.97. The van der Waals surface area contributed by atoms with Crippen LogP contribution in [0.4, 0.5) is 10.9 Å². The van der Waals surface area contributed by atoms with E-state index in [4.69, 9.17) is 10.5 Å². The minimum atomic E-state index is -0.0538. The molecule has 2 aliphatic rings. The fourth-order valence-electron chi connectivity index (χ4n) is 2.62. The van der Waals surface area contributed by atoms with Crippen LogP contribution in [0.25, 0.3) is 0 Å². The number of nitrogen functional groups attached to an aromatic ring is 1. The quantitative estimate of drug-likeness (QED) is 0.817. The topological polar surface area (TPSA) is 83.7 Å². The van der Waals surface area contributed by atoms with Crippen LogP contribution in [-0.2, 0) is 4.74 Å². The lowest BCUT2D eigenvalue weighted by molar-refractivity contribution is 0.0717. The zero-order valence-electron chi connectivity index (χ0n) is 12.2. The summed E-state index contributed by atoms with van der Waals surface area (Å²) in [4.78, 5) is 21.4. The fourth-order valence-corrected chi connectivity index (χ4v) is 3.64. The first kappa shape index (κ1) is 14.6. The summed E-state index contributed by atoms with van der Waals surface area (Å²) < 4.78 is 5.34. The van der Waals surface area contributed by atoms with Crippen LogP contribution >= 0.6 is 11.3 Å². The number of rotatable bonds is 3. The molecule has 7 nitrogen and oxygen atoms in total. The Hall–Kier alpha value is -1.38. The Kier molecular flexibility index (Phi) is 4.27. The summed E-state index contributed by atoms with van der Waals surface area (Å²) in [6, 6.07) is 0.140. The van der Waals surface area contributed by atoms with Gasteiger partial charge in [-0.25, -0.2) is 4.98 Å². The third-order valence-electron chi connectivity index (χ3n) is 4.00. The highest BCUT2D eigenvalue weighted by Gasteiger charge is 2.28. The second-order valence-corrected chi connectivity index (χ2v) is 6.36. The van der Waals surface area contributed by atoms with Crippen molar-refractivity contribution in [2.24, 2.45) is 0 Å². The minimum Gasteiger partial charge on any atom is -0.382 e. The highest BCUT2D eigenvalue weighted by Crippen LogP contribution is 2.30. The van der Waals surface area contributed by atoms with Crippen molar-refractivity contribution in [3.05, 3.63) is 4.88 Å². The molecule has 2 aliphatic heterocycles. The number of hydrogen-bond acceptors (Lipinski definition) is 7. The number of anilines is 2. The van der Waals surface area contributed by atoms with Crippen LogP contribution in [0.1, 0.15) is 16.1 Å². The lowest BCUT2D eigenvalue weighted by Gasteiger charge is -2.26. The van der Waals surface area contributed by atoms with E-state index in [1.165, 1.54) is 11.3 Å². The molecule has 0 aromatic carbocycles. The van der Waals surface area contributed by atoms with Crippen LogP contribution in [0.2, 0.25) is 0 Å². The molecule has 1 unspecified atom stereocenters. The summed E-state index contributed by atoms with van der Waals surface area (Å²) >= 11 is 1.39. The summed E-state index contributed by atoms with van der Waals surface area (Å²) in [7, 11) is 1.81. The lowest BCUT2D eigenvalue weighted by atomic mass is 10.2. The van der Waals surface area contributed by atoms with E-state index in [0.29, 0.717) is 23.9 Å². The monoisotopic (exact) mass is 311 g/mol. The predicted octanol–water partition coefficient (Wildman–Crippen LogP) is -0.00420. The molecule has 21 heavy (non-hydrogen) atoms. The highest BCUT2D eigenvalue weighted by atomic mass is 32.1. The Morgan fingerprint density at radius 2 is 2.29 bits per heavy atom. The molecule has 1 amide bonds. The molecule has 1 aromatic rings. The SMILES string of the molecule is CN(C(=O)c1sc(N2CCNCC2)nc1N)C1CCOC1. The molecule has 2 saturated heterocycles. The molecule has 2 fully saturated rings. The number of nitrogens with two attached hydrogens (primary N) is 1. The molecule has 116 valence electrons. The van der Waals surface area contributed by atoms with Gasteiger partial charge in [-0.15, -0.1) is 0 Å². The maximum absolute atomic E-state index is 12.6. The minimum absolute atomic E-state index is 0.0538. The van der Waals surface area contributed by atoms with Gasteiger partial charge in [-0.1, -0.05) is 11.3 Å². The molecule has 3 rings (SSSR count). The van der Waals surface area contributed by atoms with Crippen LogP contribution in [0.15, 0.2) is 0 Å². The van der Waals surface area contributed by atoms with Crippen LogP contribution < -0.4 is 16.0 Å². The van der Waals surface area contributed by atoms with Crippen LogP contribution in [0.5, 0.6) is 0 Å². The number of hydrogen-bond donors (Lipinski definition) is 2. The second-order valence-electron chi connectivity index (χ2n) is 5.38. The number of likely N-dealkylation sites (N-methyl/N-ethyl adjacent to an activating group) is 1. The fraction of sp³-hybridized carbons (Fsp3) is 0.692. The Labute approximate surface area is 128 Å². The first-order valence-corrected chi connectivity index (χ1v) is 8.05. The summed E-state index contributed by atoms with van der Waals surface area (Å²) in [5, 5.41) is 4.14. The molecule has 0 spiro atoms. The first-order chi connectivity index (χ1) is 10.2. The summed E-state index contributed by atoms with van der Waals surface area (Å²) in [6.07, 6.45) is 0.881. The van der Waals surface area contributed by atoms with E-state index in [2.05, 4.69) is 15.2 Å². The molecule has 3 N–H and O–H groups in total. The largest absolute Gasteiger partial charge is 0.382 e. The Morgan fingerprint density at radius 3 is 2.95 bits per heavy atom. The second kappa shape index (κ2) is 6.17. The first-order valence-electron chi connectivity index (χ1n) is 7.23. The third kappa shape index (κ3) is 2.97. The van der Waals surface area contributed by atoms with Crippen LogP contribution in [0.3, 0.4) is 0 Å². The van der Waals surface area contributed by atoms with E-state index in [0.717, 1.165) is 37.7 Å². The van der Waals surface area contributed by atoms with Gasteiger partial charge in [0.25, 0.3) is 5.91 Å². The van der Waals surface area contributed by atoms with Gasteiger partial charge in [-0.05, 0) is 6.42 Å². The van der Waals surface area contributed by atoms with Gasteiger partial charge in [0.05, 0.1) is 12.6 Å². The smallest absolute Gasteiger partial charge is 0.267 e. The lowest BCUT2D eigenvalue weighted by Crippen LogP contribution is -2.43. The average Bonchev–Trinajstić information content (AvgIpc) is 3.16. The Balaban J connectivity index is 1.75. The number of ether oxygens (including phenoxy) is 1. The van der Waals surface area contributed by atoms with Gasteiger partial charge in [0, 0.05) is 39.8 Å². The van der Waals surface area contributed by atoms with E-state index in [1.54, 1.807) is 4.90 Å². The number of nitrogens with one attached hydrogen (secondary N) is 1. The van der Waals surface area contributed by atoms with Crippen molar-refractivity contribution in [3.63, 3.8) is 0 Å². The van der Waals surface area contributed by atoms with Gasteiger partial charge in [0.1, 0.15) is 10.7 Å². The number of piperazine rings is 1. The van der Waals surface area contributed by atoms with Gasteiger partial charge in [0.2, 0.25) is 0 Å². The molecule has 1 atom stereocenters. The molecular formula is C13H21N5O2S. The molecule has 0 saturated carbocycles. The molecule has 0 bridgehead atoms. The molecule has 8 heteroatoms. The third-order valence-corrected chi connectivity index (χ3v) is 5.12. The van der Waals surface area contributed by atoms with Crippen molar-refractivity contribution < 1.29 is 9.53 Å². The molecular weight excluding hydrogens is 290 g/mol. The van der Waals surface area contributed by atoms with Crippen molar-refractivity contribution >= 4 is 28.2 Å². The van der Waals surface area contributed by atoms with Crippen molar-refractivity contribution in [2.75, 3.05) is 57.1 Å². The van der Waals surface area contributed by atoms with Crippen molar-refractivity contribution in [2.45, 2.75) is 12.5 Å². The van der Waals surface area contributed by atoms with Crippen molar-refractivity contribution in [1.29, 1.82) is 0 Å². The van der Waals surface area contributed by atoms with E-state index < -0.39 is 0 Å². The van der Waals surface area contributed by atoms with Crippen LogP contribution in [0, 0.1) is 0 Å². The zero-order valence-corrected chi connectivity index (χ0v) is 13.0. The Morgan fingerprint density at radius 1 is 1.52 bits per heavy atom. The normalized spacial score (nSPS) is 22.5. The van der Waals surface area contributed by atoms with E-state index >= 15 is 0 Å². The summed E-state index contributed by atoms with van der Waals surface area (Å²) in [5.74, 6) is 0.284. The number of nitrogens with zero attached hydrogens (tertiary/aromatic N) is 3. The van der Waals surface area contributed by atoms with Gasteiger partial charge in [-0.2, -0.15) is 0 Å². The van der Waals surface area contributed by atoms with E-state index in [9.17, 15) is 4.79 Å². The Bertz CT molecular complexity index is 509. The molecule has 0 radical (unpaired) electrons. The van der Waals surface area contributed by atoms with Gasteiger partial charge >= 0.3 is 0 Å². The van der Waals surface area contributed by atoms with Crippen molar-refractivity contribution in [1.82, 2.24) is 15.2 Å². The number of carbonyl (C=O) groups excluding carboxylic acids is 1. The maximum atomic E-state index is 12.6. The molecule has 3 heterocycles.